The van der Waals surface area contributed by atoms with Crippen molar-refractivity contribution < 1.29 is 9.21 Å². The normalized spacial score (nSPS) is 10.4. The number of benzene rings is 1. The van der Waals surface area contributed by atoms with Crippen molar-refractivity contribution >= 4 is 37.8 Å². The first-order chi connectivity index (χ1) is 9.20. The van der Waals surface area contributed by atoms with Crippen LogP contribution in [0.5, 0.6) is 0 Å². The van der Waals surface area contributed by atoms with Gasteiger partial charge in [-0.2, -0.15) is 0 Å². The second-order valence-corrected chi connectivity index (χ2v) is 5.58. The van der Waals surface area contributed by atoms with Gasteiger partial charge >= 0.3 is 0 Å². The van der Waals surface area contributed by atoms with Gasteiger partial charge in [0.05, 0.1) is 0 Å². The van der Waals surface area contributed by atoms with Crippen LogP contribution in [0.4, 0.5) is 0 Å². The number of rotatable bonds is 5. The number of nitrogens with zero attached hydrogens (tertiary/aromatic N) is 1. The van der Waals surface area contributed by atoms with E-state index in [1.54, 1.807) is 17.0 Å². The van der Waals surface area contributed by atoms with Crippen LogP contribution in [0.25, 0.3) is 0 Å². The Morgan fingerprint density at radius 1 is 1.16 bits per heavy atom. The Bertz CT molecular complexity index is 539. The van der Waals surface area contributed by atoms with E-state index in [9.17, 15) is 4.79 Å². The average Bonchev–Trinajstić information content (AvgIpc) is 2.85. The van der Waals surface area contributed by atoms with Gasteiger partial charge in [0, 0.05) is 18.4 Å². The predicted octanol–water partition coefficient (Wildman–Crippen LogP) is 4.08. The highest BCUT2D eigenvalue weighted by Gasteiger charge is 2.18. The van der Waals surface area contributed by atoms with Crippen molar-refractivity contribution in [1.29, 1.82) is 0 Å². The van der Waals surface area contributed by atoms with Gasteiger partial charge in [-0.1, -0.05) is 46.3 Å². The van der Waals surface area contributed by atoms with Crippen molar-refractivity contribution in [2.45, 2.75) is 6.54 Å². The highest BCUT2D eigenvalue weighted by atomic mass is 79.9. The number of hydrogen-bond donors (Lipinski definition) is 0. The summed E-state index contributed by atoms with van der Waals surface area (Å²) in [6, 6.07) is 13.3. The zero-order valence-electron chi connectivity index (χ0n) is 10.2. The molecule has 1 amide bonds. The van der Waals surface area contributed by atoms with Gasteiger partial charge in [0.25, 0.3) is 5.91 Å². The van der Waals surface area contributed by atoms with E-state index in [1.807, 2.05) is 30.3 Å². The molecule has 0 aliphatic heterocycles. The molecule has 0 N–H and O–H groups in total. The maximum Gasteiger partial charge on any atom is 0.289 e. The molecule has 2 aromatic rings. The highest BCUT2D eigenvalue weighted by Crippen LogP contribution is 2.17. The summed E-state index contributed by atoms with van der Waals surface area (Å²) in [5.74, 6) is 0.248. The third-order valence-corrected chi connectivity index (χ3v) is 3.42. The average molecular weight is 387 g/mol. The van der Waals surface area contributed by atoms with E-state index in [-0.39, 0.29) is 5.91 Å². The first kappa shape index (κ1) is 14.3. The van der Waals surface area contributed by atoms with Crippen LogP contribution >= 0.6 is 31.9 Å². The van der Waals surface area contributed by atoms with Gasteiger partial charge in [-0.15, -0.1) is 0 Å². The first-order valence-electron chi connectivity index (χ1n) is 5.85. The Kier molecular flexibility index (Phi) is 5.22. The molecule has 0 unspecified atom stereocenters. The van der Waals surface area contributed by atoms with Crippen LogP contribution in [0.1, 0.15) is 16.1 Å². The second kappa shape index (κ2) is 6.91. The van der Waals surface area contributed by atoms with Crippen molar-refractivity contribution in [2.75, 3.05) is 11.9 Å². The highest BCUT2D eigenvalue weighted by molar-refractivity contribution is 9.10. The number of alkyl halides is 1. The molecule has 0 aliphatic carbocycles. The molecule has 0 bridgehead atoms. The van der Waals surface area contributed by atoms with E-state index in [2.05, 4.69) is 31.9 Å². The van der Waals surface area contributed by atoms with Crippen LogP contribution in [-0.2, 0) is 6.54 Å². The fourth-order valence-corrected chi connectivity index (χ4v) is 2.48. The summed E-state index contributed by atoms with van der Waals surface area (Å²) >= 11 is 6.58. The quantitative estimate of drug-likeness (QED) is 0.725. The predicted molar refractivity (Wildman–Crippen MR) is 81.4 cm³/mol. The molecule has 0 fully saturated rings. The molecule has 2 rings (SSSR count). The van der Waals surface area contributed by atoms with Gasteiger partial charge in [0.2, 0.25) is 0 Å². The third kappa shape index (κ3) is 3.94. The molecular formula is C14H13Br2NO2. The Morgan fingerprint density at radius 2 is 1.89 bits per heavy atom. The Balaban J connectivity index is 2.13. The van der Waals surface area contributed by atoms with Gasteiger partial charge in [0.1, 0.15) is 0 Å². The van der Waals surface area contributed by atoms with Crippen molar-refractivity contribution in [1.82, 2.24) is 4.90 Å². The van der Waals surface area contributed by atoms with Crippen LogP contribution in [0, 0.1) is 0 Å². The van der Waals surface area contributed by atoms with Gasteiger partial charge in [-0.25, -0.2) is 0 Å². The van der Waals surface area contributed by atoms with E-state index in [1.165, 1.54) is 0 Å². The minimum absolute atomic E-state index is 0.103. The summed E-state index contributed by atoms with van der Waals surface area (Å²) < 4.78 is 5.88. The Labute approximate surface area is 128 Å². The lowest BCUT2D eigenvalue weighted by Crippen LogP contribution is -2.31. The molecule has 1 heterocycles. The third-order valence-electron chi connectivity index (χ3n) is 2.64. The van der Waals surface area contributed by atoms with Crippen LogP contribution in [0.15, 0.2) is 51.6 Å². The first-order valence-corrected chi connectivity index (χ1v) is 7.76. The standard InChI is InChI=1S/C14H13Br2NO2/c15-8-9-17(10-11-4-2-1-3-5-11)14(18)12-6-7-13(16)19-12/h1-7H,8-10H2. The maximum absolute atomic E-state index is 12.3. The summed E-state index contributed by atoms with van der Waals surface area (Å²) in [7, 11) is 0. The summed E-state index contributed by atoms with van der Waals surface area (Å²) in [4.78, 5) is 14.1. The van der Waals surface area contributed by atoms with Crippen LogP contribution in [-0.4, -0.2) is 22.7 Å². The minimum atomic E-state index is -0.103. The van der Waals surface area contributed by atoms with Gasteiger partial charge in [-0.3, -0.25) is 4.79 Å². The lowest BCUT2D eigenvalue weighted by Gasteiger charge is -2.20. The molecular weight excluding hydrogens is 374 g/mol. The van der Waals surface area contributed by atoms with Crippen molar-refractivity contribution in [2.24, 2.45) is 0 Å². The van der Waals surface area contributed by atoms with Gasteiger partial charge in [-0.05, 0) is 33.6 Å². The summed E-state index contributed by atoms with van der Waals surface area (Å²) in [6.45, 7) is 1.20. The number of amides is 1. The number of carbonyl (C=O) groups excluding carboxylic acids is 1. The zero-order chi connectivity index (χ0) is 13.7. The zero-order valence-corrected chi connectivity index (χ0v) is 13.4. The van der Waals surface area contributed by atoms with E-state index >= 15 is 0 Å². The van der Waals surface area contributed by atoms with Crippen molar-refractivity contribution in [3.8, 4) is 0 Å². The molecule has 0 saturated heterocycles. The summed E-state index contributed by atoms with van der Waals surface area (Å²) in [6.07, 6.45) is 0. The van der Waals surface area contributed by atoms with E-state index < -0.39 is 0 Å². The van der Waals surface area contributed by atoms with Crippen LogP contribution in [0.3, 0.4) is 0 Å². The Morgan fingerprint density at radius 3 is 2.47 bits per heavy atom. The molecule has 1 aromatic heterocycles. The van der Waals surface area contributed by atoms with Gasteiger partial charge < -0.3 is 9.32 Å². The number of carbonyl (C=O) groups is 1. The van der Waals surface area contributed by atoms with Crippen LogP contribution < -0.4 is 0 Å². The number of hydrogen-bond acceptors (Lipinski definition) is 2. The van der Waals surface area contributed by atoms with E-state index in [4.69, 9.17) is 4.42 Å². The fraction of sp³-hybridized carbons (Fsp3) is 0.214. The Hall–Kier alpha value is -1.07. The van der Waals surface area contributed by atoms with E-state index in [0.717, 1.165) is 10.9 Å². The SMILES string of the molecule is O=C(c1ccc(Br)o1)N(CCBr)Cc1ccccc1. The van der Waals surface area contributed by atoms with Gasteiger partial charge in [0.15, 0.2) is 10.4 Å². The molecule has 0 spiro atoms. The monoisotopic (exact) mass is 385 g/mol. The van der Waals surface area contributed by atoms with Crippen LogP contribution in [0.2, 0.25) is 0 Å². The number of halogens is 2. The largest absolute Gasteiger partial charge is 0.444 e. The molecule has 3 nitrogen and oxygen atoms in total. The topological polar surface area (TPSA) is 33.5 Å². The van der Waals surface area contributed by atoms with Crippen molar-refractivity contribution in [3.05, 3.63) is 58.5 Å². The lowest BCUT2D eigenvalue weighted by molar-refractivity contribution is 0.0721. The molecule has 19 heavy (non-hydrogen) atoms. The summed E-state index contributed by atoms with van der Waals surface area (Å²) in [5.41, 5.74) is 1.10. The van der Waals surface area contributed by atoms with Crippen molar-refractivity contribution in [3.63, 3.8) is 0 Å². The number of furan rings is 1. The molecule has 0 aliphatic rings. The molecule has 0 radical (unpaired) electrons. The lowest BCUT2D eigenvalue weighted by atomic mass is 10.2. The molecule has 5 heteroatoms. The second-order valence-electron chi connectivity index (χ2n) is 4.01. The molecule has 1 aromatic carbocycles. The maximum atomic E-state index is 12.3. The molecule has 0 saturated carbocycles. The summed E-state index contributed by atoms with van der Waals surface area (Å²) in [5, 5.41) is 0.730. The smallest absolute Gasteiger partial charge is 0.289 e. The molecule has 0 atom stereocenters. The molecule has 100 valence electrons. The van der Waals surface area contributed by atoms with E-state index in [0.29, 0.717) is 23.5 Å². The fourth-order valence-electron chi connectivity index (χ4n) is 1.74. The minimum Gasteiger partial charge on any atom is -0.444 e.